The molecule has 0 aliphatic rings. The van der Waals surface area contributed by atoms with Gasteiger partial charge in [-0.3, -0.25) is 10.1 Å². The Kier molecular flexibility index (Phi) is 4.91. The number of hydrogen-bond acceptors (Lipinski definition) is 2. The van der Waals surface area contributed by atoms with Gasteiger partial charge in [0.25, 0.3) is 0 Å². The standard InChI is InChI=1S/C17H20N2O/c1-13(17(18)20)19-16(15-10-6-3-7-11-15)12-14-8-4-2-5-9-14/h2-11,13,16,19H,12H2,1H3,(H2,18,20). The predicted octanol–water partition coefficient (Wildman–Crippen LogP) is 2.43. The van der Waals surface area contributed by atoms with Crippen molar-refractivity contribution in [2.75, 3.05) is 0 Å². The van der Waals surface area contributed by atoms with Crippen LogP contribution in [-0.4, -0.2) is 11.9 Å². The summed E-state index contributed by atoms with van der Waals surface area (Å²) >= 11 is 0. The van der Waals surface area contributed by atoms with Gasteiger partial charge >= 0.3 is 0 Å². The first-order valence-electron chi connectivity index (χ1n) is 6.81. The fraction of sp³-hybridized carbons (Fsp3) is 0.235. The quantitative estimate of drug-likeness (QED) is 0.845. The molecule has 0 bridgehead atoms. The van der Waals surface area contributed by atoms with Crippen molar-refractivity contribution in [3.05, 3.63) is 71.8 Å². The van der Waals surface area contributed by atoms with Crippen molar-refractivity contribution < 1.29 is 4.79 Å². The molecule has 20 heavy (non-hydrogen) atoms. The highest BCUT2D eigenvalue weighted by Gasteiger charge is 2.17. The van der Waals surface area contributed by atoms with E-state index in [-0.39, 0.29) is 18.0 Å². The lowest BCUT2D eigenvalue weighted by molar-refractivity contribution is -0.119. The summed E-state index contributed by atoms with van der Waals surface area (Å²) < 4.78 is 0. The largest absolute Gasteiger partial charge is 0.368 e. The van der Waals surface area contributed by atoms with Gasteiger partial charge in [-0.05, 0) is 24.5 Å². The average Bonchev–Trinajstić information content (AvgIpc) is 2.48. The number of carbonyl (C=O) groups excluding carboxylic acids is 1. The summed E-state index contributed by atoms with van der Waals surface area (Å²) in [6.45, 7) is 1.79. The maximum Gasteiger partial charge on any atom is 0.234 e. The number of nitrogens with two attached hydrogens (primary N) is 1. The van der Waals surface area contributed by atoms with Gasteiger partial charge in [-0.2, -0.15) is 0 Å². The van der Waals surface area contributed by atoms with Crippen molar-refractivity contribution in [3.63, 3.8) is 0 Å². The van der Waals surface area contributed by atoms with E-state index in [0.29, 0.717) is 0 Å². The summed E-state index contributed by atoms with van der Waals surface area (Å²) in [5.41, 5.74) is 7.74. The molecule has 3 heteroatoms. The van der Waals surface area contributed by atoms with Gasteiger partial charge in [-0.1, -0.05) is 60.7 Å². The third-order valence-electron chi connectivity index (χ3n) is 3.36. The molecule has 2 aromatic rings. The maximum atomic E-state index is 11.3. The lowest BCUT2D eigenvalue weighted by atomic mass is 9.98. The highest BCUT2D eigenvalue weighted by Crippen LogP contribution is 2.19. The third kappa shape index (κ3) is 3.93. The van der Waals surface area contributed by atoms with Crippen LogP contribution in [0.4, 0.5) is 0 Å². The zero-order valence-electron chi connectivity index (χ0n) is 11.6. The van der Waals surface area contributed by atoms with Crippen LogP contribution in [0.2, 0.25) is 0 Å². The van der Waals surface area contributed by atoms with Crippen molar-refractivity contribution in [2.45, 2.75) is 25.4 Å². The Hall–Kier alpha value is -2.13. The smallest absolute Gasteiger partial charge is 0.234 e. The van der Waals surface area contributed by atoms with Crippen LogP contribution in [0.5, 0.6) is 0 Å². The molecule has 0 heterocycles. The van der Waals surface area contributed by atoms with Crippen molar-refractivity contribution in [1.29, 1.82) is 0 Å². The molecule has 0 aliphatic heterocycles. The van der Waals surface area contributed by atoms with Crippen LogP contribution in [-0.2, 0) is 11.2 Å². The van der Waals surface area contributed by atoms with Crippen LogP contribution in [0.1, 0.15) is 24.1 Å². The van der Waals surface area contributed by atoms with E-state index in [1.807, 2.05) is 36.4 Å². The summed E-state index contributed by atoms with van der Waals surface area (Å²) in [6.07, 6.45) is 0.822. The normalized spacial score (nSPS) is 13.7. The number of hydrogen-bond donors (Lipinski definition) is 2. The van der Waals surface area contributed by atoms with E-state index >= 15 is 0 Å². The van der Waals surface area contributed by atoms with Crippen molar-refractivity contribution in [1.82, 2.24) is 5.32 Å². The Morgan fingerprint density at radius 2 is 1.60 bits per heavy atom. The van der Waals surface area contributed by atoms with E-state index < -0.39 is 0 Å². The van der Waals surface area contributed by atoms with Gasteiger partial charge in [0.05, 0.1) is 6.04 Å². The molecule has 0 aliphatic carbocycles. The van der Waals surface area contributed by atoms with Crippen molar-refractivity contribution >= 4 is 5.91 Å². The molecule has 0 saturated heterocycles. The summed E-state index contributed by atoms with van der Waals surface area (Å²) in [6, 6.07) is 20.1. The van der Waals surface area contributed by atoms with E-state index in [1.165, 1.54) is 5.56 Å². The monoisotopic (exact) mass is 268 g/mol. The number of primary amides is 1. The minimum atomic E-state index is -0.357. The predicted molar refractivity (Wildman–Crippen MR) is 81.1 cm³/mol. The fourth-order valence-electron chi connectivity index (χ4n) is 2.19. The molecular weight excluding hydrogens is 248 g/mol. The first-order chi connectivity index (χ1) is 9.66. The molecule has 2 atom stereocenters. The molecule has 0 aromatic heterocycles. The van der Waals surface area contributed by atoms with E-state index in [2.05, 4.69) is 29.6 Å². The molecule has 0 spiro atoms. The molecule has 2 unspecified atom stereocenters. The fourth-order valence-corrected chi connectivity index (χ4v) is 2.19. The van der Waals surface area contributed by atoms with Crippen LogP contribution in [0.15, 0.2) is 60.7 Å². The Bertz CT molecular complexity index is 539. The number of rotatable bonds is 6. The molecule has 104 valence electrons. The minimum Gasteiger partial charge on any atom is -0.368 e. The Morgan fingerprint density at radius 1 is 1.05 bits per heavy atom. The first kappa shape index (κ1) is 14.3. The van der Waals surface area contributed by atoms with E-state index in [4.69, 9.17) is 5.73 Å². The van der Waals surface area contributed by atoms with Crippen LogP contribution >= 0.6 is 0 Å². The second kappa shape index (κ2) is 6.87. The molecule has 0 saturated carbocycles. The van der Waals surface area contributed by atoms with Crippen molar-refractivity contribution in [3.8, 4) is 0 Å². The number of benzene rings is 2. The SMILES string of the molecule is CC(NC(Cc1ccccc1)c1ccccc1)C(N)=O. The molecule has 3 nitrogen and oxygen atoms in total. The minimum absolute atomic E-state index is 0.0705. The second-order valence-corrected chi connectivity index (χ2v) is 4.94. The van der Waals surface area contributed by atoms with Crippen LogP contribution in [0.25, 0.3) is 0 Å². The topological polar surface area (TPSA) is 55.1 Å². The summed E-state index contributed by atoms with van der Waals surface area (Å²) in [4.78, 5) is 11.3. The van der Waals surface area contributed by atoms with Crippen LogP contribution in [0.3, 0.4) is 0 Å². The first-order valence-corrected chi connectivity index (χ1v) is 6.81. The summed E-state index contributed by atoms with van der Waals surface area (Å²) in [5.74, 6) is -0.334. The molecular formula is C17H20N2O. The lowest BCUT2D eigenvalue weighted by Gasteiger charge is -2.22. The molecule has 2 rings (SSSR count). The van der Waals surface area contributed by atoms with Gasteiger partial charge in [0.2, 0.25) is 5.91 Å². The Balaban J connectivity index is 2.18. The maximum absolute atomic E-state index is 11.3. The van der Waals surface area contributed by atoms with E-state index in [9.17, 15) is 4.79 Å². The number of nitrogens with one attached hydrogen (secondary N) is 1. The molecule has 1 amide bonds. The molecule has 0 radical (unpaired) electrons. The van der Waals surface area contributed by atoms with Crippen molar-refractivity contribution in [2.24, 2.45) is 5.73 Å². The molecule has 3 N–H and O–H groups in total. The zero-order chi connectivity index (χ0) is 14.4. The van der Waals surface area contributed by atoms with Gasteiger partial charge in [-0.15, -0.1) is 0 Å². The van der Waals surface area contributed by atoms with Crippen LogP contribution in [0, 0.1) is 0 Å². The van der Waals surface area contributed by atoms with Gasteiger partial charge in [-0.25, -0.2) is 0 Å². The highest BCUT2D eigenvalue weighted by molar-refractivity contribution is 5.79. The molecule has 0 fully saturated rings. The van der Waals surface area contributed by atoms with E-state index in [0.717, 1.165) is 12.0 Å². The number of amides is 1. The third-order valence-corrected chi connectivity index (χ3v) is 3.36. The van der Waals surface area contributed by atoms with Gasteiger partial charge in [0, 0.05) is 6.04 Å². The zero-order valence-corrected chi connectivity index (χ0v) is 11.6. The van der Waals surface area contributed by atoms with Crippen LogP contribution < -0.4 is 11.1 Å². The van der Waals surface area contributed by atoms with Gasteiger partial charge < -0.3 is 5.73 Å². The second-order valence-electron chi connectivity index (χ2n) is 4.94. The molecule has 2 aromatic carbocycles. The van der Waals surface area contributed by atoms with Gasteiger partial charge in [0.15, 0.2) is 0 Å². The highest BCUT2D eigenvalue weighted by atomic mass is 16.1. The summed E-state index contributed by atoms with van der Waals surface area (Å²) in [5, 5.41) is 3.31. The number of carbonyl (C=O) groups is 1. The summed E-state index contributed by atoms with van der Waals surface area (Å²) in [7, 11) is 0. The average molecular weight is 268 g/mol. The lowest BCUT2D eigenvalue weighted by Crippen LogP contribution is -2.41. The van der Waals surface area contributed by atoms with E-state index in [1.54, 1.807) is 6.92 Å². The van der Waals surface area contributed by atoms with Gasteiger partial charge in [0.1, 0.15) is 0 Å². The Morgan fingerprint density at radius 3 is 2.15 bits per heavy atom. The Labute approximate surface area is 119 Å².